The van der Waals surface area contributed by atoms with Crippen molar-refractivity contribution in [1.29, 1.82) is 0 Å². The van der Waals surface area contributed by atoms with Crippen molar-refractivity contribution < 1.29 is 4.39 Å². The Hall–Kier alpha value is -1.48. The summed E-state index contributed by atoms with van der Waals surface area (Å²) in [6, 6.07) is 12.3. The van der Waals surface area contributed by atoms with E-state index in [0.29, 0.717) is 0 Å². The molecule has 82 valence electrons. The molecule has 0 saturated heterocycles. The predicted octanol–water partition coefficient (Wildman–Crippen LogP) is 3.87. The first-order chi connectivity index (χ1) is 7.65. The fourth-order valence-corrected chi connectivity index (χ4v) is 2.38. The quantitative estimate of drug-likeness (QED) is 0.797. The summed E-state index contributed by atoms with van der Waals surface area (Å²) in [5, 5.41) is 0. The second kappa shape index (κ2) is 4.58. The van der Waals surface area contributed by atoms with Crippen molar-refractivity contribution in [2.45, 2.75) is 16.7 Å². The van der Waals surface area contributed by atoms with Crippen molar-refractivity contribution in [3.63, 3.8) is 0 Å². The van der Waals surface area contributed by atoms with Crippen LogP contribution in [0.5, 0.6) is 0 Å². The normalized spacial score (nSPS) is 10.4. The number of hydrogen-bond acceptors (Lipinski definition) is 2. The lowest BCUT2D eigenvalue weighted by Gasteiger charge is -2.06. The molecule has 0 saturated carbocycles. The molecule has 3 heteroatoms. The Labute approximate surface area is 98.5 Å². The summed E-state index contributed by atoms with van der Waals surface area (Å²) < 4.78 is 13.0. The molecule has 0 aliphatic carbocycles. The number of nitrogen functional groups attached to an aromatic ring is 1. The van der Waals surface area contributed by atoms with E-state index < -0.39 is 0 Å². The summed E-state index contributed by atoms with van der Waals surface area (Å²) in [6.07, 6.45) is 0. The second-order valence-corrected chi connectivity index (χ2v) is 4.70. The van der Waals surface area contributed by atoms with Gasteiger partial charge in [0, 0.05) is 15.5 Å². The van der Waals surface area contributed by atoms with Gasteiger partial charge in [0.1, 0.15) is 5.82 Å². The maximum Gasteiger partial charge on any atom is 0.124 e. The molecule has 0 heterocycles. The molecule has 2 rings (SSSR count). The zero-order valence-corrected chi connectivity index (χ0v) is 9.72. The standard InChI is InChI=1S/C13H12FNS/c1-9-5-6-11(15)8-13(9)16-12-4-2-3-10(14)7-12/h2-8H,15H2,1H3. The molecule has 1 nitrogen and oxygen atoms in total. The number of hydrogen-bond donors (Lipinski definition) is 1. The van der Waals surface area contributed by atoms with E-state index in [1.807, 2.05) is 31.2 Å². The van der Waals surface area contributed by atoms with Crippen molar-refractivity contribution in [2.75, 3.05) is 5.73 Å². The lowest BCUT2D eigenvalue weighted by molar-refractivity contribution is 0.624. The monoisotopic (exact) mass is 233 g/mol. The van der Waals surface area contributed by atoms with E-state index in [1.165, 1.54) is 23.9 Å². The Morgan fingerprint density at radius 2 is 1.94 bits per heavy atom. The van der Waals surface area contributed by atoms with Crippen LogP contribution < -0.4 is 5.73 Å². The fraction of sp³-hybridized carbons (Fsp3) is 0.0769. The Kier molecular flexibility index (Phi) is 3.15. The number of halogens is 1. The van der Waals surface area contributed by atoms with Crippen LogP contribution >= 0.6 is 11.8 Å². The van der Waals surface area contributed by atoms with Gasteiger partial charge in [-0.1, -0.05) is 23.9 Å². The van der Waals surface area contributed by atoms with Gasteiger partial charge in [0.25, 0.3) is 0 Å². The van der Waals surface area contributed by atoms with Crippen LogP contribution in [0.2, 0.25) is 0 Å². The highest BCUT2D eigenvalue weighted by Gasteiger charge is 2.02. The molecule has 2 N–H and O–H groups in total. The Morgan fingerprint density at radius 3 is 2.69 bits per heavy atom. The lowest BCUT2D eigenvalue weighted by atomic mass is 10.2. The fourth-order valence-electron chi connectivity index (χ4n) is 1.38. The summed E-state index contributed by atoms with van der Waals surface area (Å²) in [5.74, 6) is -0.216. The van der Waals surface area contributed by atoms with Crippen LogP contribution in [0, 0.1) is 12.7 Å². The van der Waals surface area contributed by atoms with Gasteiger partial charge >= 0.3 is 0 Å². The molecule has 0 aliphatic rings. The third kappa shape index (κ3) is 2.55. The molecule has 0 unspecified atom stereocenters. The van der Waals surface area contributed by atoms with E-state index in [1.54, 1.807) is 6.07 Å². The minimum Gasteiger partial charge on any atom is -0.399 e. The van der Waals surface area contributed by atoms with Gasteiger partial charge in [-0.2, -0.15) is 0 Å². The Bertz CT molecular complexity index is 511. The average Bonchev–Trinajstić information content (AvgIpc) is 2.24. The maximum absolute atomic E-state index is 13.0. The number of benzene rings is 2. The van der Waals surface area contributed by atoms with E-state index >= 15 is 0 Å². The zero-order chi connectivity index (χ0) is 11.5. The van der Waals surface area contributed by atoms with Crippen molar-refractivity contribution in [2.24, 2.45) is 0 Å². The summed E-state index contributed by atoms with van der Waals surface area (Å²) in [6.45, 7) is 2.01. The molecule has 0 atom stereocenters. The highest BCUT2D eigenvalue weighted by Crippen LogP contribution is 2.31. The Morgan fingerprint density at radius 1 is 1.12 bits per heavy atom. The summed E-state index contributed by atoms with van der Waals surface area (Å²) >= 11 is 1.52. The number of anilines is 1. The Balaban J connectivity index is 2.30. The molecule has 0 aromatic heterocycles. The highest BCUT2D eigenvalue weighted by molar-refractivity contribution is 7.99. The van der Waals surface area contributed by atoms with Gasteiger partial charge in [-0.3, -0.25) is 0 Å². The summed E-state index contributed by atoms with van der Waals surface area (Å²) in [7, 11) is 0. The third-order valence-corrected chi connectivity index (χ3v) is 3.39. The number of rotatable bonds is 2. The molecule has 16 heavy (non-hydrogen) atoms. The van der Waals surface area contributed by atoms with Gasteiger partial charge in [0.15, 0.2) is 0 Å². The van der Waals surface area contributed by atoms with Crippen LogP contribution in [0.15, 0.2) is 52.3 Å². The van der Waals surface area contributed by atoms with Gasteiger partial charge in [-0.15, -0.1) is 0 Å². The van der Waals surface area contributed by atoms with E-state index in [4.69, 9.17) is 5.73 Å². The highest BCUT2D eigenvalue weighted by atomic mass is 32.2. The van der Waals surface area contributed by atoms with Gasteiger partial charge in [-0.25, -0.2) is 4.39 Å². The van der Waals surface area contributed by atoms with Crippen LogP contribution in [0.3, 0.4) is 0 Å². The van der Waals surface area contributed by atoms with Crippen molar-refractivity contribution >= 4 is 17.4 Å². The van der Waals surface area contributed by atoms with Crippen LogP contribution in [0.1, 0.15) is 5.56 Å². The zero-order valence-electron chi connectivity index (χ0n) is 8.91. The van der Waals surface area contributed by atoms with Gasteiger partial charge in [0.05, 0.1) is 0 Å². The van der Waals surface area contributed by atoms with E-state index in [2.05, 4.69) is 0 Å². The molecule has 0 bridgehead atoms. The van der Waals surface area contributed by atoms with Crippen LogP contribution in [-0.2, 0) is 0 Å². The molecule has 0 radical (unpaired) electrons. The first-order valence-corrected chi connectivity index (χ1v) is 5.76. The van der Waals surface area contributed by atoms with Crippen LogP contribution in [-0.4, -0.2) is 0 Å². The molecule has 0 fully saturated rings. The largest absolute Gasteiger partial charge is 0.399 e. The van der Waals surface area contributed by atoms with E-state index in [9.17, 15) is 4.39 Å². The topological polar surface area (TPSA) is 26.0 Å². The third-order valence-electron chi connectivity index (χ3n) is 2.24. The average molecular weight is 233 g/mol. The maximum atomic E-state index is 13.0. The molecular formula is C13H12FNS. The van der Waals surface area contributed by atoms with E-state index in [0.717, 1.165) is 21.0 Å². The van der Waals surface area contributed by atoms with Gasteiger partial charge in [0.2, 0.25) is 0 Å². The number of nitrogens with two attached hydrogens (primary N) is 1. The second-order valence-electron chi connectivity index (χ2n) is 3.58. The van der Waals surface area contributed by atoms with Crippen LogP contribution in [0.4, 0.5) is 10.1 Å². The first-order valence-electron chi connectivity index (χ1n) is 4.95. The lowest BCUT2D eigenvalue weighted by Crippen LogP contribution is -1.87. The molecule has 2 aromatic rings. The van der Waals surface area contributed by atoms with E-state index in [-0.39, 0.29) is 5.82 Å². The minimum atomic E-state index is -0.216. The predicted molar refractivity (Wildman–Crippen MR) is 66.1 cm³/mol. The van der Waals surface area contributed by atoms with Crippen LogP contribution in [0.25, 0.3) is 0 Å². The minimum absolute atomic E-state index is 0.216. The van der Waals surface area contributed by atoms with Gasteiger partial charge < -0.3 is 5.73 Å². The first kappa shape index (κ1) is 11.0. The molecule has 0 aliphatic heterocycles. The summed E-state index contributed by atoms with van der Waals surface area (Å²) in [4.78, 5) is 1.94. The van der Waals surface area contributed by atoms with Crippen molar-refractivity contribution in [3.8, 4) is 0 Å². The molecule has 0 amide bonds. The number of aryl methyl sites for hydroxylation is 1. The van der Waals surface area contributed by atoms with Crippen molar-refractivity contribution in [1.82, 2.24) is 0 Å². The smallest absolute Gasteiger partial charge is 0.124 e. The SMILES string of the molecule is Cc1ccc(N)cc1Sc1cccc(F)c1. The molecule has 0 spiro atoms. The van der Waals surface area contributed by atoms with Crippen molar-refractivity contribution in [3.05, 3.63) is 53.8 Å². The van der Waals surface area contributed by atoms with Gasteiger partial charge in [-0.05, 0) is 42.8 Å². The molecular weight excluding hydrogens is 221 g/mol. The molecule has 2 aromatic carbocycles. The summed E-state index contributed by atoms with van der Waals surface area (Å²) in [5.41, 5.74) is 7.59.